The van der Waals surface area contributed by atoms with Gasteiger partial charge in [-0.15, -0.1) is 11.3 Å². The summed E-state index contributed by atoms with van der Waals surface area (Å²) in [5.74, 6) is 0.0279. The highest BCUT2D eigenvalue weighted by molar-refractivity contribution is 7.13. The molecule has 1 amide bonds. The van der Waals surface area contributed by atoms with Crippen molar-refractivity contribution in [1.82, 2.24) is 4.98 Å². The summed E-state index contributed by atoms with van der Waals surface area (Å²) in [4.78, 5) is 15.5. The van der Waals surface area contributed by atoms with Gasteiger partial charge >= 0.3 is 0 Å². The molecule has 0 saturated heterocycles. The molecule has 0 spiro atoms. The largest absolute Gasteiger partial charge is 0.508 e. The zero-order chi connectivity index (χ0) is 11.4. The van der Waals surface area contributed by atoms with Gasteiger partial charge in [0.25, 0.3) is 0 Å². The molecule has 1 aromatic carbocycles. The van der Waals surface area contributed by atoms with Crippen molar-refractivity contribution in [1.29, 1.82) is 0 Å². The third kappa shape index (κ3) is 2.80. The quantitative estimate of drug-likeness (QED) is 0.854. The van der Waals surface area contributed by atoms with Crippen LogP contribution in [0.2, 0.25) is 0 Å². The Labute approximate surface area is 96.6 Å². The van der Waals surface area contributed by atoms with Gasteiger partial charge in [-0.2, -0.15) is 0 Å². The molecule has 2 N–H and O–H groups in total. The van der Waals surface area contributed by atoms with Crippen LogP contribution in [-0.4, -0.2) is 16.0 Å². The molecule has 0 atom stereocenters. The van der Waals surface area contributed by atoms with E-state index in [1.165, 1.54) is 11.3 Å². The molecule has 0 aliphatic carbocycles. The predicted octanol–water partition coefficient (Wildman–Crippen LogP) is 2.03. The Morgan fingerprint density at radius 3 is 3.06 bits per heavy atom. The second-order valence-corrected chi connectivity index (χ2v) is 4.13. The third-order valence-electron chi connectivity index (χ3n) is 1.95. The molecule has 0 aliphatic heterocycles. The zero-order valence-corrected chi connectivity index (χ0v) is 9.20. The van der Waals surface area contributed by atoms with Gasteiger partial charge < -0.3 is 10.4 Å². The number of hydrogen-bond donors (Lipinski definition) is 2. The Morgan fingerprint density at radius 2 is 2.38 bits per heavy atom. The van der Waals surface area contributed by atoms with Crippen molar-refractivity contribution in [2.75, 3.05) is 5.32 Å². The molecule has 4 nitrogen and oxygen atoms in total. The summed E-state index contributed by atoms with van der Waals surface area (Å²) < 4.78 is 0. The molecular formula is C11H10N2O2S. The number of carbonyl (C=O) groups excluding carboxylic acids is 1. The van der Waals surface area contributed by atoms with E-state index < -0.39 is 0 Å². The molecule has 1 heterocycles. The van der Waals surface area contributed by atoms with E-state index in [0.29, 0.717) is 5.13 Å². The van der Waals surface area contributed by atoms with E-state index in [0.717, 1.165) is 5.56 Å². The first-order valence-corrected chi connectivity index (χ1v) is 5.59. The van der Waals surface area contributed by atoms with E-state index in [4.69, 9.17) is 0 Å². The Hall–Kier alpha value is -1.88. The molecule has 2 rings (SSSR count). The second kappa shape index (κ2) is 4.76. The van der Waals surface area contributed by atoms with Gasteiger partial charge in [0.2, 0.25) is 5.91 Å². The van der Waals surface area contributed by atoms with Crippen LogP contribution in [0.25, 0.3) is 0 Å². The Kier molecular flexibility index (Phi) is 3.16. The van der Waals surface area contributed by atoms with Crippen molar-refractivity contribution in [2.45, 2.75) is 6.42 Å². The lowest BCUT2D eigenvalue weighted by atomic mass is 10.1. The van der Waals surface area contributed by atoms with Crippen molar-refractivity contribution in [3.8, 4) is 5.75 Å². The lowest BCUT2D eigenvalue weighted by molar-refractivity contribution is -0.115. The molecule has 16 heavy (non-hydrogen) atoms. The SMILES string of the molecule is O=C(Cc1cccc(O)c1)Nc1nccs1. The Balaban J connectivity index is 1.97. The number of phenolic OH excluding ortho intramolecular Hbond substituents is 1. The maximum absolute atomic E-state index is 11.6. The summed E-state index contributed by atoms with van der Waals surface area (Å²) in [6, 6.07) is 6.64. The highest BCUT2D eigenvalue weighted by Gasteiger charge is 2.05. The summed E-state index contributed by atoms with van der Waals surface area (Å²) in [7, 11) is 0. The van der Waals surface area contributed by atoms with Gasteiger partial charge in [0, 0.05) is 11.6 Å². The monoisotopic (exact) mass is 234 g/mol. The summed E-state index contributed by atoms with van der Waals surface area (Å²) >= 11 is 1.37. The number of rotatable bonds is 3. The minimum absolute atomic E-state index is 0.138. The van der Waals surface area contributed by atoms with Crippen LogP contribution in [0.5, 0.6) is 5.75 Å². The molecule has 0 bridgehead atoms. The maximum Gasteiger partial charge on any atom is 0.230 e. The number of aromatic hydroxyl groups is 1. The normalized spacial score (nSPS) is 10.0. The Bertz CT molecular complexity index is 482. The molecule has 0 aliphatic rings. The molecule has 1 aromatic heterocycles. The van der Waals surface area contributed by atoms with Crippen LogP contribution in [0.1, 0.15) is 5.56 Å². The van der Waals surface area contributed by atoms with Gasteiger partial charge in [0.05, 0.1) is 6.42 Å². The van der Waals surface area contributed by atoms with Crippen molar-refractivity contribution in [3.63, 3.8) is 0 Å². The number of benzene rings is 1. The van der Waals surface area contributed by atoms with E-state index in [9.17, 15) is 9.90 Å². The van der Waals surface area contributed by atoms with E-state index >= 15 is 0 Å². The zero-order valence-electron chi connectivity index (χ0n) is 8.38. The minimum atomic E-state index is -0.138. The Morgan fingerprint density at radius 1 is 1.50 bits per heavy atom. The van der Waals surface area contributed by atoms with Crippen molar-refractivity contribution in [2.24, 2.45) is 0 Å². The van der Waals surface area contributed by atoms with E-state index in [2.05, 4.69) is 10.3 Å². The van der Waals surface area contributed by atoms with Gasteiger partial charge in [-0.1, -0.05) is 12.1 Å². The van der Waals surface area contributed by atoms with E-state index in [-0.39, 0.29) is 18.1 Å². The van der Waals surface area contributed by atoms with Crippen molar-refractivity contribution < 1.29 is 9.90 Å². The highest BCUT2D eigenvalue weighted by atomic mass is 32.1. The number of nitrogens with zero attached hydrogens (tertiary/aromatic N) is 1. The smallest absolute Gasteiger partial charge is 0.230 e. The fourth-order valence-corrected chi connectivity index (χ4v) is 1.85. The number of aromatic nitrogens is 1. The third-order valence-corrected chi connectivity index (χ3v) is 2.64. The number of anilines is 1. The molecule has 0 unspecified atom stereocenters. The summed E-state index contributed by atoms with van der Waals surface area (Å²) in [5, 5.41) is 14.3. The predicted molar refractivity (Wildman–Crippen MR) is 62.6 cm³/mol. The fraction of sp³-hybridized carbons (Fsp3) is 0.0909. The molecule has 82 valence electrons. The van der Waals surface area contributed by atoms with Crippen LogP contribution >= 0.6 is 11.3 Å². The average molecular weight is 234 g/mol. The molecule has 0 saturated carbocycles. The maximum atomic E-state index is 11.6. The average Bonchev–Trinajstić information content (AvgIpc) is 2.70. The molecule has 5 heteroatoms. The second-order valence-electron chi connectivity index (χ2n) is 3.23. The summed E-state index contributed by atoms with van der Waals surface area (Å²) in [6.07, 6.45) is 1.86. The van der Waals surface area contributed by atoms with Gasteiger partial charge in [-0.3, -0.25) is 4.79 Å². The van der Waals surface area contributed by atoms with Crippen LogP contribution in [-0.2, 0) is 11.2 Å². The number of hydrogen-bond acceptors (Lipinski definition) is 4. The lowest BCUT2D eigenvalue weighted by Crippen LogP contribution is -2.13. The number of nitrogens with one attached hydrogen (secondary N) is 1. The van der Waals surface area contributed by atoms with Crippen molar-refractivity contribution >= 4 is 22.4 Å². The number of amides is 1. The lowest BCUT2D eigenvalue weighted by Gasteiger charge is -2.02. The first kappa shape index (κ1) is 10.6. The molecular weight excluding hydrogens is 224 g/mol. The van der Waals surface area contributed by atoms with Crippen LogP contribution in [0, 0.1) is 0 Å². The van der Waals surface area contributed by atoms with Gasteiger partial charge in [-0.05, 0) is 17.7 Å². The van der Waals surface area contributed by atoms with Crippen LogP contribution < -0.4 is 5.32 Å². The molecule has 2 aromatic rings. The van der Waals surface area contributed by atoms with Crippen LogP contribution in [0.4, 0.5) is 5.13 Å². The van der Waals surface area contributed by atoms with Crippen LogP contribution in [0.3, 0.4) is 0 Å². The number of thiazole rings is 1. The number of phenols is 1. The van der Waals surface area contributed by atoms with E-state index in [1.807, 2.05) is 0 Å². The van der Waals surface area contributed by atoms with Gasteiger partial charge in [0.15, 0.2) is 5.13 Å². The fourth-order valence-electron chi connectivity index (χ4n) is 1.30. The van der Waals surface area contributed by atoms with Gasteiger partial charge in [0.1, 0.15) is 5.75 Å². The minimum Gasteiger partial charge on any atom is -0.508 e. The van der Waals surface area contributed by atoms with Crippen LogP contribution in [0.15, 0.2) is 35.8 Å². The van der Waals surface area contributed by atoms with Crippen molar-refractivity contribution in [3.05, 3.63) is 41.4 Å². The molecule has 0 fully saturated rings. The summed E-state index contributed by atoms with van der Waals surface area (Å²) in [6.45, 7) is 0. The first-order valence-electron chi connectivity index (χ1n) is 4.71. The standard InChI is InChI=1S/C11H10N2O2S/c14-9-3-1-2-8(6-9)7-10(15)13-11-12-4-5-16-11/h1-6,14H,7H2,(H,12,13,15). The highest BCUT2D eigenvalue weighted by Crippen LogP contribution is 2.13. The molecule has 0 radical (unpaired) electrons. The van der Waals surface area contributed by atoms with Gasteiger partial charge in [-0.25, -0.2) is 4.98 Å². The number of carbonyl (C=O) groups is 1. The van der Waals surface area contributed by atoms with E-state index in [1.54, 1.807) is 35.8 Å². The first-order chi connectivity index (χ1) is 7.74. The summed E-state index contributed by atoms with van der Waals surface area (Å²) in [5.41, 5.74) is 0.772. The topological polar surface area (TPSA) is 62.2 Å².